The maximum atomic E-state index is 4.63. The Morgan fingerprint density at radius 1 is 1.86 bits per heavy atom. The van der Waals surface area contributed by atoms with Gasteiger partial charge in [-0.05, 0) is 6.26 Å². The van der Waals surface area contributed by atoms with Crippen molar-refractivity contribution in [3.8, 4) is 0 Å². The molecule has 0 aliphatic rings. The third-order valence-electron chi connectivity index (χ3n) is 0.277. The van der Waals surface area contributed by atoms with Crippen LogP contribution in [0.15, 0.2) is 0 Å². The molecular weight excluding hydrogens is 157 g/mol. The van der Waals surface area contributed by atoms with Gasteiger partial charge < -0.3 is 4.72 Å². The molecule has 0 saturated carbocycles. The average molecular weight is 163 g/mol. The second-order valence-corrected chi connectivity index (χ2v) is 2.31. The quantitative estimate of drug-likeness (QED) is 0.305. The van der Waals surface area contributed by atoms with E-state index in [-0.39, 0.29) is 29.6 Å². The number of hydrogen-bond donors (Lipinski definition) is 2. The Kier molecular flexibility index (Phi) is 12.4. The van der Waals surface area contributed by atoms with E-state index in [4.69, 9.17) is 0 Å². The molecular formula is C2H6NNaS3. The van der Waals surface area contributed by atoms with Crippen molar-refractivity contribution in [2.75, 3.05) is 6.26 Å². The summed E-state index contributed by atoms with van der Waals surface area (Å²) in [5.74, 6) is 0. The van der Waals surface area contributed by atoms with Gasteiger partial charge in [-0.15, -0.1) is 0 Å². The van der Waals surface area contributed by atoms with Crippen molar-refractivity contribution < 1.29 is 0 Å². The molecule has 7 heavy (non-hydrogen) atoms. The summed E-state index contributed by atoms with van der Waals surface area (Å²) in [4.78, 5) is 0. The third-order valence-corrected chi connectivity index (χ3v) is 1.88. The number of thiol groups is 1. The molecule has 0 aliphatic carbocycles. The zero-order chi connectivity index (χ0) is 4.99. The van der Waals surface area contributed by atoms with Gasteiger partial charge >= 0.3 is 29.6 Å². The molecule has 0 heterocycles. The topological polar surface area (TPSA) is 12.0 Å². The van der Waals surface area contributed by atoms with Gasteiger partial charge in [-0.3, -0.25) is 0 Å². The molecule has 5 heteroatoms. The zero-order valence-corrected chi connectivity index (χ0v) is 5.79. The predicted molar refractivity (Wildman–Crippen MR) is 45.4 cm³/mol. The van der Waals surface area contributed by atoms with Crippen LogP contribution in [0.5, 0.6) is 0 Å². The number of nitrogens with one attached hydrogen (secondary N) is 1. The summed E-state index contributed by atoms with van der Waals surface area (Å²) in [7, 11) is 0. The summed E-state index contributed by atoms with van der Waals surface area (Å²) >= 11 is 9.78. The molecule has 0 aromatic rings. The van der Waals surface area contributed by atoms with Gasteiger partial charge in [0.15, 0.2) is 0 Å². The monoisotopic (exact) mass is 163 g/mol. The van der Waals surface area contributed by atoms with Crippen LogP contribution in [-0.2, 0) is 0 Å². The Hall–Kier alpha value is 1.59. The van der Waals surface area contributed by atoms with Gasteiger partial charge in [-0.2, -0.15) is 0 Å². The Morgan fingerprint density at radius 3 is 2.29 bits per heavy atom. The molecule has 0 atom stereocenters. The molecule has 1 nitrogen and oxygen atoms in total. The maximum absolute atomic E-state index is 4.63. The van der Waals surface area contributed by atoms with Crippen LogP contribution in [0, 0.1) is 0 Å². The molecule has 0 unspecified atom stereocenters. The molecule has 0 saturated heterocycles. The molecule has 0 aromatic carbocycles. The van der Waals surface area contributed by atoms with Crippen molar-refractivity contribution in [1.29, 1.82) is 0 Å². The van der Waals surface area contributed by atoms with Gasteiger partial charge in [-0.1, -0.05) is 36.8 Å². The molecule has 1 N–H and O–H groups in total. The molecule has 38 valence electrons. The van der Waals surface area contributed by atoms with Gasteiger partial charge in [-0.25, -0.2) is 0 Å². The summed E-state index contributed by atoms with van der Waals surface area (Å²) in [5.41, 5.74) is 0. The minimum absolute atomic E-state index is 0. The van der Waals surface area contributed by atoms with Crippen molar-refractivity contribution in [2.24, 2.45) is 0 Å². The summed E-state index contributed by atoms with van der Waals surface area (Å²) in [6.07, 6.45) is 1.89. The first-order chi connectivity index (χ1) is 2.81. The van der Waals surface area contributed by atoms with Gasteiger partial charge in [0.05, 0.1) is 0 Å². The van der Waals surface area contributed by atoms with Crippen LogP contribution in [-0.4, -0.2) is 40.1 Å². The van der Waals surface area contributed by atoms with E-state index in [1.165, 1.54) is 11.8 Å². The van der Waals surface area contributed by atoms with Crippen LogP contribution < -0.4 is 4.72 Å². The molecule has 0 fully saturated rings. The van der Waals surface area contributed by atoms with Crippen LogP contribution in [0.3, 0.4) is 0 Å². The first kappa shape index (κ1) is 11.4. The van der Waals surface area contributed by atoms with Gasteiger partial charge in [0.2, 0.25) is 0 Å². The summed E-state index contributed by atoms with van der Waals surface area (Å²) in [5, 5.41) is 0. The fraction of sp³-hybridized carbons (Fsp3) is 0.500. The third kappa shape index (κ3) is 7.59. The molecule has 0 radical (unpaired) electrons. The van der Waals surface area contributed by atoms with Crippen LogP contribution in [0.2, 0.25) is 0 Å². The van der Waals surface area contributed by atoms with E-state index < -0.39 is 0 Å². The standard InChI is InChI=1S/C2H5NS3.Na.H/c1-6-2(4)3-5;;/h5H,1H3,(H,3,4);;. The van der Waals surface area contributed by atoms with Crippen LogP contribution in [0.25, 0.3) is 0 Å². The van der Waals surface area contributed by atoms with E-state index >= 15 is 0 Å². The SMILES string of the molecule is CSC(=S)NS.[NaH]. The van der Waals surface area contributed by atoms with Gasteiger partial charge in [0.1, 0.15) is 4.32 Å². The van der Waals surface area contributed by atoms with E-state index in [1.807, 2.05) is 6.26 Å². The number of rotatable bonds is 0. The molecule has 0 bridgehead atoms. The molecule has 0 spiro atoms. The molecule has 0 rings (SSSR count). The summed E-state index contributed by atoms with van der Waals surface area (Å²) in [6.45, 7) is 0. The molecule has 0 aromatic heterocycles. The second-order valence-electron chi connectivity index (χ2n) is 0.603. The van der Waals surface area contributed by atoms with E-state index in [9.17, 15) is 0 Å². The van der Waals surface area contributed by atoms with Gasteiger partial charge in [0, 0.05) is 0 Å². The van der Waals surface area contributed by atoms with E-state index in [1.54, 1.807) is 0 Å². The Labute approximate surface area is 80.8 Å². The summed E-state index contributed by atoms with van der Waals surface area (Å²) in [6, 6.07) is 0. The number of hydrogen-bond acceptors (Lipinski definition) is 3. The molecule has 0 amide bonds. The van der Waals surface area contributed by atoms with Crippen LogP contribution in [0.1, 0.15) is 0 Å². The van der Waals surface area contributed by atoms with Gasteiger partial charge in [0.25, 0.3) is 0 Å². The van der Waals surface area contributed by atoms with Crippen LogP contribution in [0.4, 0.5) is 0 Å². The molecule has 0 aliphatic heterocycles. The normalized spacial score (nSPS) is 6.57. The Balaban J connectivity index is 0. The Bertz CT molecular complexity index is 50.9. The predicted octanol–water partition coefficient (Wildman–Crippen LogP) is 0.420. The van der Waals surface area contributed by atoms with Crippen molar-refractivity contribution >= 4 is 70.7 Å². The first-order valence-corrected chi connectivity index (χ1v) is 3.37. The van der Waals surface area contributed by atoms with E-state index in [0.717, 1.165) is 0 Å². The van der Waals surface area contributed by atoms with E-state index in [0.29, 0.717) is 4.32 Å². The van der Waals surface area contributed by atoms with E-state index in [2.05, 4.69) is 29.8 Å². The van der Waals surface area contributed by atoms with Crippen molar-refractivity contribution in [2.45, 2.75) is 0 Å². The summed E-state index contributed by atoms with van der Waals surface area (Å²) < 4.78 is 3.21. The van der Waals surface area contributed by atoms with Crippen molar-refractivity contribution in [3.63, 3.8) is 0 Å². The zero-order valence-electron chi connectivity index (χ0n) is 3.26. The number of thiocarbonyl (C=S) groups is 1. The Morgan fingerprint density at radius 2 is 2.29 bits per heavy atom. The second kappa shape index (κ2) is 7.59. The minimum atomic E-state index is 0. The fourth-order valence-electron chi connectivity index (χ4n) is 0.0456. The fourth-order valence-corrected chi connectivity index (χ4v) is 0.411. The first-order valence-electron chi connectivity index (χ1n) is 1.29. The van der Waals surface area contributed by atoms with Crippen molar-refractivity contribution in [1.82, 2.24) is 4.72 Å². The van der Waals surface area contributed by atoms with Crippen LogP contribution >= 0.6 is 36.8 Å². The average Bonchev–Trinajstić information content (AvgIpc) is 1.65. The number of thioether (sulfide) groups is 1. The van der Waals surface area contributed by atoms with Crippen molar-refractivity contribution in [3.05, 3.63) is 0 Å².